The molecule has 0 spiro atoms. The maximum Gasteiger partial charge on any atom is 0.0862 e. The van der Waals surface area contributed by atoms with Crippen LogP contribution in [0.5, 0.6) is 0 Å². The van der Waals surface area contributed by atoms with Gasteiger partial charge in [-0.05, 0) is 31.2 Å². The van der Waals surface area contributed by atoms with E-state index < -0.39 is 0 Å². The van der Waals surface area contributed by atoms with E-state index in [4.69, 9.17) is 4.74 Å². The van der Waals surface area contributed by atoms with Crippen molar-refractivity contribution in [3.8, 4) is 0 Å². The zero-order chi connectivity index (χ0) is 13.1. The second kappa shape index (κ2) is 6.03. The number of hydrogen-bond donors (Lipinski definition) is 1. The summed E-state index contributed by atoms with van der Waals surface area (Å²) < 4.78 is 7.25. The molecule has 0 bridgehead atoms. The normalized spacial score (nSPS) is 25.1. The number of aromatic nitrogens is 2. The van der Waals surface area contributed by atoms with Crippen LogP contribution in [0.3, 0.4) is 0 Å². The second-order valence-electron chi connectivity index (χ2n) is 5.80. The molecule has 0 unspecified atom stereocenters. The molecule has 5 nitrogen and oxygen atoms in total. The molecule has 5 heteroatoms. The van der Waals surface area contributed by atoms with Crippen LogP contribution in [0.25, 0.3) is 0 Å². The van der Waals surface area contributed by atoms with Gasteiger partial charge in [-0.15, -0.1) is 0 Å². The molecule has 1 N–H and O–H groups in total. The van der Waals surface area contributed by atoms with Crippen molar-refractivity contribution in [1.29, 1.82) is 0 Å². The standard InChI is InChI=1S/C14H23N3O2/c18-14(10-17-6-1-5-15-17)9-16(13-2-3-13)8-12-4-7-19-11-12/h1,5-6,12-14,18H,2-4,7-11H2/t12-,14+/m0/s1. The first-order chi connectivity index (χ1) is 9.31. The SMILES string of the molecule is O[C@H](CN(C[C@@H]1CCOC1)C1CC1)Cn1cccn1. The largest absolute Gasteiger partial charge is 0.390 e. The van der Waals surface area contributed by atoms with Crippen LogP contribution in [0.15, 0.2) is 18.5 Å². The number of hydrogen-bond acceptors (Lipinski definition) is 4. The fraction of sp³-hybridized carbons (Fsp3) is 0.786. The van der Waals surface area contributed by atoms with Gasteiger partial charge in [-0.3, -0.25) is 9.58 Å². The zero-order valence-corrected chi connectivity index (χ0v) is 11.3. The van der Waals surface area contributed by atoms with Gasteiger partial charge in [0.1, 0.15) is 0 Å². The molecule has 2 heterocycles. The van der Waals surface area contributed by atoms with Crippen LogP contribution >= 0.6 is 0 Å². The van der Waals surface area contributed by atoms with Crippen LogP contribution in [0, 0.1) is 5.92 Å². The van der Waals surface area contributed by atoms with E-state index in [1.807, 2.05) is 12.3 Å². The van der Waals surface area contributed by atoms with Gasteiger partial charge >= 0.3 is 0 Å². The summed E-state index contributed by atoms with van der Waals surface area (Å²) in [5, 5.41) is 14.4. The van der Waals surface area contributed by atoms with Gasteiger partial charge in [0.25, 0.3) is 0 Å². The minimum Gasteiger partial charge on any atom is -0.390 e. The Morgan fingerprint density at radius 1 is 1.42 bits per heavy atom. The molecular weight excluding hydrogens is 242 g/mol. The van der Waals surface area contributed by atoms with E-state index >= 15 is 0 Å². The molecule has 0 radical (unpaired) electrons. The molecule has 1 saturated heterocycles. The van der Waals surface area contributed by atoms with Gasteiger partial charge in [0.2, 0.25) is 0 Å². The predicted molar refractivity (Wildman–Crippen MR) is 71.8 cm³/mol. The van der Waals surface area contributed by atoms with E-state index in [0.717, 1.165) is 26.3 Å². The van der Waals surface area contributed by atoms with Crippen molar-refractivity contribution < 1.29 is 9.84 Å². The molecule has 2 fully saturated rings. The van der Waals surface area contributed by atoms with Crippen molar-refractivity contribution in [2.24, 2.45) is 5.92 Å². The minimum atomic E-state index is -0.345. The van der Waals surface area contributed by atoms with Crippen molar-refractivity contribution in [1.82, 2.24) is 14.7 Å². The van der Waals surface area contributed by atoms with Gasteiger partial charge in [-0.2, -0.15) is 5.10 Å². The minimum absolute atomic E-state index is 0.345. The molecule has 19 heavy (non-hydrogen) atoms. The van der Waals surface area contributed by atoms with E-state index in [2.05, 4.69) is 10.00 Å². The van der Waals surface area contributed by atoms with E-state index in [-0.39, 0.29) is 6.10 Å². The van der Waals surface area contributed by atoms with E-state index in [1.54, 1.807) is 10.9 Å². The van der Waals surface area contributed by atoms with Gasteiger partial charge in [0, 0.05) is 38.1 Å². The lowest BCUT2D eigenvalue weighted by atomic mass is 10.1. The third-order valence-corrected chi connectivity index (χ3v) is 3.98. The van der Waals surface area contributed by atoms with Gasteiger partial charge < -0.3 is 9.84 Å². The number of aliphatic hydroxyl groups excluding tert-OH is 1. The van der Waals surface area contributed by atoms with Crippen molar-refractivity contribution in [2.45, 2.75) is 38.0 Å². The summed E-state index contributed by atoms with van der Waals surface area (Å²) in [6, 6.07) is 2.58. The molecule has 2 aliphatic rings. The molecular formula is C14H23N3O2. The van der Waals surface area contributed by atoms with Crippen LogP contribution in [-0.4, -0.2) is 58.2 Å². The van der Waals surface area contributed by atoms with Crippen LogP contribution in [0.2, 0.25) is 0 Å². The lowest BCUT2D eigenvalue weighted by Gasteiger charge is -2.27. The van der Waals surface area contributed by atoms with Crippen molar-refractivity contribution in [3.05, 3.63) is 18.5 Å². The Bertz CT molecular complexity index is 372. The topological polar surface area (TPSA) is 50.5 Å². The van der Waals surface area contributed by atoms with E-state index in [0.29, 0.717) is 18.5 Å². The third-order valence-electron chi connectivity index (χ3n) is 3.98. The summed E-state index contributed by atoms with van der Waals surface area (Å²) in [6.45, 7) is 4.19. The lowest BCUT2D eigenvalue weighted by Crippen LogP contribution is -2.39. The summed E-state index contributed by atoms with van der Waals surface area (Å²) in [7, 11) is 0. The zero-order valence-electron chi connectivity index (χ0n) is 11.3. The Balaban J connectivity index is 1.49. The molecule has 3 rings (SSSR count). The maximum atomic E-state index is 10.2. The maximum absolute atomic E-state index is 10.2. The Kier molecular flexibility index (Phi) is 4.15. The fourth-order valence-corrected chi connectivity index (χ4v) is 2.82. The van der Waals surface area contributed by atoms with E-state index in [9.17, 15) is 5.11 Å². The summed E-state index contributed by atoms with van der Waals surface area (Å²) in [4.78, 5) is 2.45. The van der Waals surface area contributed by atoms with Gasteiger partial charge in [-0.25, -0.2) is 0 Å². The number of rotatable bonds is 7. The van der Waals surface area contributed by atoms with Crippen LogP contribution < -0.4 is 0 Å². The van der Waals surface area contributed by atoms with Crippen molar-refractivity contribution in [3.63, 3.8) is 0 Å². The van der Waals surface area contributed by atoms with Gasteiger partial charge in [0.05, 0.1) is 19.3 Å². The molecule has 2 atom stereocenters. The van der Waals surface area contributed by atoms with Gasteiger partial charge in [-0.1, -0.05) is 0 Å². The molecule has 1 aliphatic heterocycles. The average Bonchev–Trinajstić information content (AvgIpc) is 2.87. The Morgan fingerprint density at radius 2 is 2.32 bits per heavy atom. The first-order valence-corrected chi connectivity index (χ1v) is 7.28. The highest BCUT2D eigenvalue weighted by molar-refractivity contribution is 4.88. The summed E-state index contributed by atoms with van der Waals surface area (Å²) in [5.74, 6) is 0.650. The molecule has 0 aromatic carbocycles. The summed E-state index contributed by atoms with van der Waals surface area (Å²) in [5.41, 5.74) is 0. The first kappa shape index (κ1) is 13.1. The molecule has 106 valence electrons. The highest BCUT2D eigenvalue weighted by atomic mass is 16.5. The summed E-state index contributed by atoms with van der Waals surface area (Å²) in [6.07, 6.45) is 7.03. The number of ether oxygens (including phenoxy) is 1. The fourth-order valence-electron chi connectivity index (χ4n) is 2.82. The quantitative estimate of drug-likeness (QED) is 0.790. The summed E-state index contributed by atoms with van der Waals surface area (Å²) >= 11 is 0. The Morgan fingerprint density at radius 3 is 2.95 bits per heavy atom. The van der Waals surface area contributed by atoms with Crippen LogP contribution in [-0.2, 0) is 11.3 Å². The highest BCUT2D eigenvalue weighted by Gasteiger charge is 2.32. The molecule has 1 saturated carbocycles. The van der Waals surface area contributed by atoms with Crippen molar-refractivity contribution in [2.75, 3.05) is 26.3 Å². The lowest BCUT2D eigenvalue weighted by molar-refractivity contribution is 0.0800. The third kappa shape index (κ3) is 3.78. The molecule has 0 amide bonds. The van der Waals surface area contributed by atoms with Crippen LogP contribution in [0.1, 0.15) is 19.3 Å². The first-order valence-electron chi connectivity index (χ1n) is 7.28. The second-order valence-corrected chi connectivity index (χ2v) is 5.80. The number of nitrogens with zero attached hydrogens (tertiary/aromatic N) is 3. The predicted octanol–water partition coefficient (Wildman–Crippen LogP) is 0.745. The molecule has 1 aromatic rings. The number of aliphatic hydroxyl groups is 1. The van der Waals surface area contributed by atoms with E-state index in [1.165, 1.54) is 19.3 Å². The molecule has 1 aromatic heterocycles. The Labute approximate surface area is 114 Å². The molecule has 1 aliphatic carbocycles. The average molecular weight is 265 g/mol. The van der Waals surface area contributed by atoms with Crippen molar-refractivity contribution >= 4 is 0 Å². The van der Waals surface area contributed by atoms with Gasteiger partial charge in [0.15, 0.2) is 0 Å². The smallest absolute Gasteiger partial charge is 0.0862 e. The highest BCUT2D eigenvalue weighted by Crippen LogP contribution is 2.29. The Hall–Kier alpha value is -0.910. The van der Waals surface area contributed by atoms with Crippen LogP contribution in [0.4, 0.5) is 0 Å². The monoisotopic (exact) mass is 265 g/mol.